The fourth-order valence-corrected chi connectivity index (χ4v) is 3.23. The van der Waals surface area contributed by atoms with Crippen LogP contribution in [0, 0.1) is 5.92 Å². The second kappa shape index (κ2) is 6.33. The Hall–Kier alpha value is -2.66. The van der Waals surface area contributed by atoms with Crippen molar-refractivity contribution in [3.8, 4) is 11.5 Å². The molecule has 0 bridgehead atoms. The van der Waals surface area contributed by atoms with Crippen molar-refractivity contribution in [1.29, 1.82) is 0 Å². The summed E-state index contributed by atoms with van der Waals surface area (Å²) >= 11 is 0. The van der Waals surface area contributed by atoms with E-state index in [1.807, 2.05) is 24.3 Å². The standard InChI is InChI=1S/C20H20N2O3/c1-13(2)10-22-11-16-17(24-12-22)7-6-15-19(23)18(25-20(15)16)9-14-5-3-4-8-21-14/h3-9,13H,10-12H2,1-2H3/b18-9-. The first kappa shape index (κ1) is 15.8. The van der Waals surface area contributed by atoms with Crippen LogP contribution in [0.3, 0.4) is 0 Å². The molecule has 1 aromatic heterocycles. The van der Waals surface area contributed by atoms with E-state index in [1.165, 1.54) is 0 Å². The number of benzene rings is 1. The lowest BCUT2D eigenvalue weighted by molar-refractivity contribution is 0.0832. The molecular formula is C20H20N2O3. The first-order valence-electron chi connectivity index (χ1n) is 8.48. The molecule has 0 unspecified atom stereocenters. The highest BCUT2D eigenvalue weighted by Gasteiger charge is 2.33. The molecule has 0 N–H and O–H groups in total. The van der Waals surface area contributed by atoms with Gasteiger partial charge in [0.05, 0.1) is 16.8 Å². The second-order valence-corrected chi connectivity index (χ2v) is 6.79. The Morgan fingerprint density at radius 2 is 2.16 bits per heavy atom. The molecular weight excluding hydrogens is 316 g/mol. The summed E-state index contributed by atoms with van der Waals surface area (Å²) in [7, 11) is 0. The van der Waals surface area contributed by atoms with Crippen molar-refractivity contribution < 1.29 is 14.3 Å². The summed E-state index contributed by atoms with van der Waals surface area (Å²) in [5, 5.41) is 0. The maximum atomic E-state index is 12.7. The van der Waals surface area contributed by atoms with E-state index in [1.54, 1.807) is 18.3 Å². The van der Waals surface area contributed by atoms with Gasteiger partial charge in [0.25, 0.3) is 0 Å². The molecule has 2 aromatic rings. The molecule has 0 amide bonds. The summed E-state index contributed by atoms with van der Waals surface area (Å²) in [5.74, 6) is 2.17. The summed E-state index contributed by atoms with van der Waals surface area (Å²) in [5.41, 5.74) is 2.24. The molecule has 5 nitrogen and oxygen atoms in total. The Labute approximate surface area is 146 Å². The first-order valence-corrected chi connectivity index (χ1v) is 8.48. The second-order valence-electron chi connectivity index (χ2n) is 6.79. The van der Waals surface area contributed by atoms with Crippen molar-refractivity contribution in [2.45, 2.75) is 20.4 Å². The normalized spacial score (nSPS) is 18.0. The van der Waals surface area contributed by atoms with Gasteiger partial charge in [0.1, 0.15) is 18.2 Å². The predicted molar refractivity (Wildman–Crippen MR) is 94.4 cm³/mol. The average Bonchev–Trinajstić information content (AvgIpc) is 2.92. The third-order valence-corrected chi connectivity index (χ3v) is 4.27. The van der Waals surface area contributed by atoms with Crippen LogP contribution in [-0.4, -0.2) is 28.9 Å². The summed E-state index contributed by atoms with van der Waals surface area (Å²) in [6, 6.07) is 9.21. The van der Waals surface area contributed by atoms with Crippen LogP contribution in [0.4, 0.5) is 0 Å². The zero-order chi connectivity index (χ0) is 17.4. The van der Waals surface area contributed by atoms with Crippen LogP contribution in [0.1, 0.15) is 35.5 Å². The lowest BCUT2D eigenvalue weighted by Crippen LogP contribution is -2.34. The molecule has 0 aliphatic carbocycles. The van der Waals surface area contributed by atoms with Crippen LogP contribution in [-0.2, 0) is 6.54 Å². The molecule has 2 aliphatic rings. The minimum atomic E-state index is -0.107. The molecule has 4 rings (SSSR count). The van der Waals surface area contributed by atoms with Gasteiger partial charge in [0.2, 0.25) is 5.78 Å². The maximum Gasteiger partial charge on any atom is 0.232 e. The SMILES string of the molecule is CC(C)CN1COc2ccc3c(c2C1)O/C(=C\c1ccccn1)C3=O. The average molecular weight is 336 g/mol. The van der Waals surface area contributed by atoms with E-state index in [0.717, 1.165) is 24.4 Å². The van der Waals surface area contributed by atoms with Gasteiger partial charge < -0.3 is 9.47 Å². The fraction of sp³-hybridized carbons (Fsp3) is 0.300. The van der Waals surface area contributed by atoms with Crippen LogP contribution in [0.15, 0.2) is 42.3 Å². The number of hydrogen-bond donors (Lipinski definition) is 0. The van der Waals surface area contributed by atoms with Crippen LogP contribution in [0.2, 0.25) is 0 Å². The van der Waals surface area contributed by atoms with E-state index < -0.39 is 0 Å². The number of carbonyl (C=O) groups is 1. The van der Waals surface area contributed by atoms with Gasteiger partial charge in [-0.05, 0) is 30.2 Å². The molecule has 3 heterocycles. The minimum absolute atomic E-state index is 0.107. The lowest BCUT2D eigenvalue weighted by Gasteiger charge is -2.30. The van der Waals surface area contributed by atoms with Crippen molar-refractivity contribution in [2.75, 3.05) is 13.3 Å². The Kier molecular flexibility index (Phi) is 4.01. The Morgan fingerprint density at radius 3 is 2.92 bits per heavy atom. The molecule has 5 heteroatoms. The van der Waals surface area contributed by atoms with Crippen molar-refractivity contribution in [1.82, 2.24) is 9.88 Å². The van der Waals surface area contributed by atoms with Gasteiger partial charge in [-0.15, -0.1) is 0 Å². The number of hydrogen-bond acceptors (Lipinski definition) is 5. The largest absolute Gasteiger partial charge is 0.478 e. The number of rotatable bonds is 3. The molecule has 2 aliphatic heterocycles. The Morgan fingerprint density at radius 1 is 1.28 bits per heavy atom. The third-order valence-electron chi connectivity index (χ3n) is 4.27. The number of fused-ring (bicyclic) bond motifs is 3. The molecule has 0 saturated carbocycles. The van der Waals surface area contributed by atoms with Gasteiger partial charge in [-0.25, -0.2) is 0 Å². The highest BCUT2D eigenvalue weighted by Crippen LogP contribution is 2.42. The minimum Gasteiger partial charge on any atom is -0.478 e. The van der Waals surface area contributed by atoms with Gasteiger partial charge in [-0.3, -0.25) is 14.7 Å². The van der Waals surface area contributed by atoms with E-state index >= 15 is 0 Å². The highest BCUT2D eigenvalue weighted by atomic mass is 16.5. The number of nitrogens with zero attached hydrogens (tertiary/aromatic N) is 2. The molecule has 0 atom stereocenters. The number of ether oxygens (including phenoxy) is 2. The van der Waals surface area contributed by atoms with Crippen LogP contribution < -0.4 is 9.47 Å². The van der Waals surface area contributed by atoms with Crippen molar-refractivity contribution >= 4 is 11.9 Å². The summed E-state index contributed by atoms with van der Waals surface area (Å²) in [6.45, 7) is 6.58. The Balaban J connectivity index is 1.67. The number of Topliss-reactive ketones (excluding diaryl/α,β-unsaturated/α-hetero) is 1. The van der Waals surface area contributed by atoms with E-state index in [4.69, 9.17) is 9.47 Å². The fourth-order valence-electron chi connectivity index (χ4n) is 3.23. The molecule has 1 aromatic carbocycles. The molecule has 25 heavy (non-hydrogen) atoms. The molecule has 0 radical (unpaired) electrons. The van der Waals surface area contributed by atoms with Gasteiger partial charge >= 0.3 is 0 Å². The van der Waals surface area contributed by atoms with E-state index in [0.29, 0.717) is 35.4 Å². The monoisotopic (exact) mass is 336 g/mol. The molecule has 0 spiro atoms. The maximum absolute atomic E-state index is 12.7. The van der Waals surface area contributed by atoms with Crippen LogP contribution >= 0.6 is 0 Å². The van der Waals surface area contributed by atoms with E-state index in [2.05, 4.69) is 23.7 Å². The van der Waals surface area contributed by atoms with Crippen molar-refractivity contribution in [3.05, 3.63) is 59.1 Å². The van der Waals surface area contributed by atoms with Gasteiger partial charge in [0.15, 0.2) is 5.76 Å². The zero-order valence-electron chi connectivity index (χ0n) is 14.4. The summed E-state index contributed by atoms with van der Waals surface area (Å²) in [4.78, 5) is 19.1. The number of aromatic nitrogens is 1. The summed E-state index contributed by atoms with van der Waals surface area (Å²) in [6.07, 6.45) is 3.38. The topological polar surface area (TPSA) is 51.7 Å². The highest BCUT2D eigenvalue weighted by molar-refractivity contribution is 6.14. The zero-order valence-corrected chi connectivity index (χ0v) is 14.4. The number of allylic oxidation sites excluding steroid dienone is 1. The van der Waals surface area contributed by atoms with Gasteiger partial charge in [-0.1, -0.05) is 19.9 Å². The van der Waals surface area contributed by atoms with Gasteiger partial charge in [-0.2, -0.15) is 0 Å². The first-order chi connectivity index (χ1) is 12.1. The smallest absolute Gasteiger partial charge is 0.232 e. The Bertz CT molecular complexity index is 844. The third kappa shape index (κ3) is 3.03. The quantitative estimate of drug-likeness (QED) is 0.803. The predicted octanol–water partition coefficient (Wildman–Crippen LogP) is 3.51. The van der Waals surface area contributed by atoms with Crippen LogP contribution in [0.25, 0.3) is 6.08 Å². The van der Waals surface area contributed by atoms with Crippen LogP contribution in [0.5, 0.6) is 11.5 Å². The summed E-state index contributed by atoms with van der Waals surface area (Å²) < 4.78 is 11.8. The number of ketones is 1. The van der Waals surface area contributed by atoms with Gasteiger partial charge in [0, 0.05) is 25.4 Å². The lowest BCUT2D eigenvalue weighted by atomic mass is 10.0. The number of carbonyl (C=O) groups excluding carboxylic acids is 1. The molecule has 0 saturated heterocycles. The van der Waals surface area contributed by atoms with Crippen molar-refractivity contribution in [3.63, 3.8) is 0 Å². The molecule has 0 fully saturated rings. The van der Waals surface area contributed by atoms with E-state index in [9.17, 15) is 4.79 Å². The van der Waals surface area contributed by atoms with Crippen molar-refractivity contribution in [2.24, 2.45) is 5.92 Å². The van der Waals surface area contributed by atoms with E-state index in [-0.39, 0.29) is 5.78 Å². The molecule has 128 valence electrons. The number of pyridine rings is 1.